The number of sulfonamides is 1. The third-order valence-corrected chi connectivity index (χ3v) is 10.6. The molecule has 0 spiro atoms. The molecule has 11 nitrogen and oxygen atoms in total. The van der Waals surface area contributed by atoms with Gasteiger partial charge in [-0.05, 0) is 51.4 Å². The molecule has 0 amide bonds. The van der Waals surface area contributed by atoms with E-state index in [1.807, 2.05) is 45.0 Å². The molecule has 3 heterocycles. The van der Waals surface area contributed by atoms with E-state index in [1.54, 1.807) is 23.9 Å². The zero-order valence-electron chi connectivity index (χ0n) is 24.3. The van der Waals surface area contributed by atoms with Gasteiger partial charge in [0.25, 0.3) is 0 Å². The molecule has 1 aliphatic rings. The molecule has 0 fully saturated rings. The molecule has 1 N–H and O–H groups in total. The first-order chi connectivity index (χ1) is 18.8. The molecule has 0 unspecified atom stereocenters. The molecule has 3 aromatic rings. The molecule has 4 rings (SSSR count). The van der Waals surface area contributed by atoms with Gasteiger partial charge in [-0.25, -0.2) is 22.7 Å². The third kappa shape index (κ3) is 6.37. The van der Waals surface area contributed by atoms with Gasteiger partial charge in [-0.3, -0.25) is 4.57 Å². The Bertz CT molecular complexity index is 1410. The van der Waals surface area contributed by atoms with Crippen molar-refractivity contribution < 1.29 is 23.0 Å². The van der Waals surface area contributed by atoms with Crippen LogP contribution in [-0.4, -0.2) is 77.4 Å². The third-order valence-electron chi connectivity index (χ3n) is 6.78. The Kier molecular flexibility index (Phi) is 8.98. The van der Waals surface area contributed by atoms with Crippen LogP contribution in [0, 0.1) is 6.92 Å². The van der Waals surface area contributed by atoms with Crippen LogP contribution in [0.15, 0.2) is 36.7 Å². The lowest BCUT2D eigenvalue weighted by Gasteiger charge is -2.33. The summed E-state index contributed by atoms with van der Waals surface area (Å²) in [5, 5.41) is 18.1. The molecule has 3 atom stereocenters. The highest BCUT2D eigenvalue weighted by molar-refractivity contribution is 7.93. The lowest BCUT2D eigenvalue weighted by Crippen LogP contribution is -2.45. The average molecular weight is 589 g/mol. The zero-order valence-corrected chi connectivity index (χ0v) is 26.1. The Labute approximate surface area is 237 Å². The summed E-state index contributed by atoms with van der Waals surface area (Å²) < 4.78 is 44.3. The van der Waals surface area contributed by atoms with Crippen molar-refractivity contribution in [2.75, 3.05) is 24.1 Å². The van der Waals surface area contributed by atoms with Crippen LogP contribution in [0.1, 0.15) is 44.3 Å². The van der Waals surface area contributed by atoms with Gasteiger partial charge in [0.15, 0.2) is 11.6 Å². The average Bonchev–Trinajstić information content (AvgIpc) is 3.24. The summed E-state index contributed by atoms with van der Waals surface area (Å²) in [6, 6.07) is 7.49. The molecule has 0 aliphatic carbocycles. The maximum absolute atomic E-state index is 14.6. The number of aliphatic hydroxyl groups is 1. The predicted molar refractivity (Wildman–Crippen MR) is 157 cm³/mol. The molecular weight excluding hydrogens is 548 g/mol. The number of para-hydroxylation sites is 1. The fraction of sp³-hybridized carbons (Fsp3) is 0.556. The van der Waals surface area contributed by atoms with Gasteiger partial charge in [-0.2, -0.15) is 0 Å². The first kappa shape index (κ1) is 30.1. The Morgan fingerprint density at radius 3 is 2.45 bits per heavy atom. The minimum Gasteiger partial charge on any atom is -0.491 e. The summed E-state index contributed by atoms with van der Waals surface area (Å²) in [6.45, 7) is 13.8. The SMILES string of the molecule is Cc1cnc([C@H](OC(C)C)[C@H](C)S(=O)(=O)N(CC[Si](C)(C)C)c2nnc3n2[C@@H](CO)COc2ccccc2-3)nc1. The summed E-state index contributed by atoms with van der Waals surface area (Å²) in [4.78, 5) is 8.82. The van der Waals surface area contributed by atoms with Crippen molar-refractivity contribution in [3.05, 3.63) is 48.0 Å². The van der Waals surface area contributed by atoms with Crippen molar-refractivity contribution in [2.24, 2.45) is 0 Å². The number of benzene rings is 1. The molecule has 218 valence electrons. The normalized spacial score (nSPS) is 17.0. The number of rotatable bonds is 11. The number of ether oxygens (including phenoxy) is 2. The smallest absolute Gasteiger partial charge is 0.243 e. The summed E-state index contributed by atoms with van der Waals surface area (Å²) in [5.74, 6) is 1.49. The molecule has 1 aromatic carbocycles. The van der Waals surface area contributed by atoms with Gasteiger partial charge in [-0.1, -0.05) is 31.8 Å². The van der Waals surface area contributed by atoms with Gasteiger partial charge in [-0.15, -0.1) is 10.2 Å². The minimum atomic E-state index is -4.10. The van der Waals surface area contributed by atoms with Gasteiger partial charge in [0.05, 0.1) is 24.3 Å². The Morgan fingerprint density at radius 1 is 1.15 bits per heavy atom. The van der Waals surface area contributed by atoms with E-state index in [0.717, 1.165) is 5.56 Å². The fourth-order valence-corrected chi connectivity index (χ4v) is 7.16. The monoisotopic (exact) mass is 588 g/mol. The van der Waals surface area contributed by atoms with E-state index in [4.69, 9.17) is 9.47 Å². The van der Waals surface area contributed by atoms with Crippen molar-refractivity contribution in [3.8, 4) is 17.1 Å². The Balaban J connectivity index is 1.85. The number of aryl methyl sites for hydroxylation is 1. The standard InChI is InChI=1S/C27H40N6O5SSi/c1-18(2)38-24(25-28-14-19(3)15-29-25)20(4)39(35,36)32(12-13-40(5,6)7)27-31-30-26-22-10-8-9-11-23(22)37-17-21(16-34)33(26)27/h8-11,14-15,18,20-21,24,34H,12-13,16-17H2,1-7H3/t20-,21-,24+/m0/s1. The number of aliphatic hydroxyl groups excluding tert-OH is 1. The second kappa shape index (κ2) is 11.9. The van der Waals surface area contributed by atoms with Gasteiger partial charge in [0, 0.05) is 27.0 Å². The molecule has 2 aromatic heterocycles. The van der Waals surface area contributed by atoms with Gasteiger partial charge < -0.3 is 14.6 Å². The van der Waals surface area contributed by atoms with E-state index in [0.29, 0.717) is 29.0 Å². The zero-order chi connectivity index (χ0) is 29.2. The van der Waals surface area contributed by atoms with Crippen molar-refractivity contribution in [2.45, 2.75) is 76.9 Å². The van der Waals surface area contributed by atoms with Crippen LogP contribution < -0.4 is 9.04 Å². The highest BCUT2D eigenvalue weighted by atomic mass is 32.2. The van der Waals surface area contributed by atoms with Crippen LogP contribution in [0.25, 0.3) is 11.4 Å². The molecule has 1 aliphatic heterocycles. The largest absolute Gasteiger partial charge is 0.491 e. The van der Waals surface area contributed by atoms with E-state index >= 15 is 0 Å². The highest BCUT2D eigenvalue weighted by Crippen LogP contribution is 2.38. The number of hydrogen-bond donors (Lipinski definition) is 1. The number of anilines is 1. The highest BCUT2D eigenvalue weighted by Gasteiger charge is 2.42. The lowest BCUT2D eigenvalue weighted by molar-refractivity contribution is 0.00139. The van der Waals surface area contributed by atoms with Crippen LogP contribution in [-0.2, 0) is 14.8 Å². The summed E-state index contributed by atoms with van der Waals surface area (Å²) in [5.41, 5.74) is 1.55. The minimum absolute atomic E-state index is 0.138. The van der Waals surface area contributed by atoms with Crippen molar-refractivity contribution in [3.63, 3.8) is 0 Å². The van der Waals surface area contributed by atoms with Crippen LogP contribution >= 0.6 is 0 Å². The Morgan fingerprint density at radius 2 is 1.82 bits per heavy atom. The second-order valence-corrected chi connectivity index (χ2v) is 19.5. The second-order valence-electron chi connectivity index (χ2n) is 11.7. The van der Waals surface area contributed by atoms with E-state index < -0.39 is 35.5 Å². The van der Waals surface area contributed by atoms with E-state index in [2.05, 4.69) is 39.8 Å². The van der Waals surface area contributed by atoms with E-state index in [9.17, 15) is 13.5 Å². The van der Waals surface area contributed by atoms with E-state index in [1.165, 1.54) is 4.31 Å². The van der Waals surface area contributed by atoms with Crippen LogP contribution in [0.4, 0.5) is 5.95 Å². The number of nitrogens with zero attached hydrogens (tertiary/aromatic N) is 6. The van der Waals surface area contributed by atoms with Crippen LogP contribution in [0.2, 0.25) is 25.7 Å². The van der Waals surface area contributed by atoms with Crippen molar-refractivity contribution in [1.82, 2.24) is 24.7 Å². The van der Waals surface area contributed by atoms with Crippen LogP contribution in [0.3, 0.4) is 0 Å². The van der Waals surface area contributed by atoms with Gasteiger partial charge in [0.1, 0.15) is 23.7 Å². The lowest BCUT2D eigenvalue weighted by atomic mass is 10.2. The summed E-state index contributed by atoms with van der Waals surface area (Å²) >= 11 is 0. The first-order valence-electron chi connectivity index (χ1n) is 13.6. The number of fused-ring (bicyclic) bond motifs is 3. The molecule has 0 saturated carbocycles. The molecule has 0 saturated heterocycles. The number of aromatic nitrogens is 5. The predicted octanol–water partition coefficient (Wildman–Crippen LogP) is 4.00. The molecule has 0 radical (unpaired) electrons. The molecule has 13 heteroatoms. The Hall–Kier alpha value is -2.87. The fourth-order valence-electron chi connectivity index (χ4n) is 4.50. The quantitative estimate of drug-likeness (QED) is 0.330. The molecule has 40 heavy (non-hydrogen) atoms. The van der Waals surface area contributed by atoms with Gasteiger partial charge >= 0.3 is 0 Å². The molecule has 0 bridgehead atoms. The van der Waals surface area contributed by atoms with Crippen molar-refractivity contribution >= 4 is 24.0 Å². The molecular formula is C27H40N6O5SSi. The topological polar surface area (TPSA) is 133 Å². The summed E-state index contributed by atoms with van der Waals surface area (Å²) in [7, 11) is -5.79. The maximum atomic E-state index is 14.6. The van der Waals surface area contributed by atoms with Gasteiger partial charge in [0.2, 0.25) is 16.0 Å². The maximum Gasteiger partial charge on any atom is 0.243 e. The summed E-state index contributed by atoms with van der Waals surface area (Å²) in [6.07, 6.45) is 2.13. The number of hydrogen-bond acceptors (Lipinski definition) is 9. The van der Waals surface area contributed by atoms with Crippen molar-refractivity contribution in [1.29, 1.82) is 0 Å². The van der Waals surface area contributed by atoms with E-state index in [-0.39, 0.29) is 31.8 Å². The van der Waals surface area contributed by atoms with Crippen LogP contribution in [0.5, 0.6) is 5.75 Å². The first-order valence-corrected chi connectivity index (χ1v) is 18.8.